The first-order chi connectivity index (χ1) is 11.8. The van der Waals surface area contributed by atoms with Gasteiger partial charge >= 0.3 is 0 Å². The molecule has 0 spiro atoms. The van der Waals surface area contributed by atoms with Crippen LogP contribution in [0.1, 0.15) is 106 Å². The summed E-state index contributed by atoms with van der Waals surface area (Å²) in [5, 5.41) is 0. The second-order valence-electron chi connectivity index (χ2n) is 9.41. The zero-order valence-corrected chi connectivity index (χ0v) is 18.6. The maximum absolute atomic E-state index is 3.96. The van der Waals surface area contributed by atoms with Gasteiger partial charge in [0.2, 0.25) is 0 Å². The molecule has 0 N–H and O–H groups in total. The Labute approximate surface area is 160 Å². The van der Waals surface area contributed by atoms with Crippen molar-refractivity contribution in [2.24, 2.45) is 29.6 Å². The zero-order valence-electron chi connectivity index (χ0n) is 18.6. The van der Waals surface area contributed by atoms with Crippen LogP contribution in [0, 0.1) is 29.6 Å². The van der Waals surface area contributed by atoms with Gasteiger partial charge in [0.1, 0.15) is 0 Å². The van der Waals surface area contributed by atoms with Gasteiger partial charge in [-0.15, -0.1) is 6.58 Å². The predicted molar refractivity (Wildman–Crippen MR) is 117 cm³/mol. The maximum atomic E-state index is 3.96. The third-order valence-electron chi connectivity index (χ3n) is 5.71. The molecule has 0 bridgehead atoms. The molecule has 3 unspecified atom stereocenters. The highest BCUT2D eigenvalue weighted by Crippen LogP contribution is 2.28. The molecule has 0 heteroatoms. The standard InChI is InChI=1S/C25H48/c1-9-22(6)16-18-25(24(8)15-11-13-21(4)5)19-17-23(7)14-10-12-20(2)3/h9,15,20-23,25H,1,10-14,16-19H2,2-8H3. The molecule has 0 amide bonds. The van der Waals surface area contributed by atoms with Gasteiger partial charge in [0.05, 0.1) is 0 Å². The average Bonchev–Trinajstić information content (AvgIpc) is 2.53. The van der Waals surface area contributed by atoms with E-state index in [0.717, 1.165) is 23.7 Å². The van der Waals surface area contributed by atoms with Gasteiger partial charge in [-0.05, 0) is 68.6 Å². The van der Waals surface area contributed by atoms with Crippen molar-refractivity contribution >= 4 is 0 Å². The van der Waals surface area contributed by atoms with E-state index in [0.29, 0.717) is 5.92 Å². The fourth-order valence-corrected chi connectivity index (χ4v) is 3.50. The minimum Gasteiger partial charge on any atom is -0.103 e. The van der Waals surface area contributed by atoms with E-state index in [1.807, 2.05) is 0 Å². The summed E-state index contributed by atoms with van der Waals surface area (Å²) < 4.78 is 0. The van der Waals surface area contributed by atoms with Gasteiger partial charge in [-0.2, -0.15) is 0 Å². The first-order valence-electron chi connectivity index (χ1n) is 11.0. The monoisotopic (exact) mass is 348 g/mol. The third-order valence-corrected chi connectivity index (χ3v) is 5.71. The van der Waals surface area contributed by atoms with Gasteiger partial charge in [-0.1, -0.05) is 85.0 Å². The van der Waals surface area contributed by atoms with E-state index in [4.69, 9.17) is 0 Å². The van der Waals surface area contributed by atoms with Crippen LogP contribution in [-0.4, -0.2) is 0 Å². The summed E-state index contributed by atoms with van der Waals surface area (Å²) >= 11 is 0. The van der Waals surface area contributed by atoms with Gasteiger partial charge in [0, 0.05) is 0 Å². The van der Waals surface area contributed by atoms with Crippen molar-refractivity contribution in [1.82, 2.24) is 0 Å². The molecule has 0 nitrogen and oxygen atoms in total. The highest BCUT2D eigenvalue weighted by Gasteiger charge is 2.14. The summed E-state index contributed by atoms with van der Waals surface area (Å²) in [5.41, 5.74) is 1.64. The molecule has 0 rings (SSSR count). The summed E-state index contributed by atoms with van der Waals surface area (Å²) in [6.45, 7) is 20.4. The Kier molecular flexibility index (Phi) is 14.3. The molecule has 0 saturated carbocycles. The van der Waals surface area contributed by atoms with E-state index >= 15 is 0 Å². The van der Waals surface area contributed by atoms with Crippen molar-refractivity contribution in [2.75, 3.05) is 0 Å². The Balaban J connectivity index is 4.48. The molecule has 0 radical (unpaired) electrons. The molecule has 0 fully saturated rings. The minimum atomic E-state index is 0.648. The Morgan fingerprint density at radius 1 is 0.760 bits per heavy atom. The Hall–Kier alpha value is -0.520. The smallest absolute Gasteiger partial charge is 0.0206 e. The summed E-state index contributed by atoms with van der Waals surface area (Å²) in [6, 6.07) is 0. The van der Waals surface area contributed by atoms with Crippen molar-refractivity contribution < 1.29 is 0 Å². The highest BCUT2D eigenvalue weighted by molar-refractivity contribution is 5.04. The summed E-state index contributed by atoms with van der Waals surface area (Å²) in [4.78, 5) is 0. The van der Waals surface area contributed by atoms with Crippen LogP contribution in [0.25, 0.3) is 0 Å². The molecule has 0 aromatic heterocycles. The van der Waals surface area contributed by atoms with Crippen molar-refractivity contribution in [2.45, 2.75) is 106 Å². The van der Waals surface area contributed by atoms with E-state index in [9.17, 15) is 0 Å². The Morgan fingerprint density at radius 3 is 1.92 bits per heavy atom. The van der Waals surface area contributed by atoms with E-state index < -0.39 is 0 Å². The summed E-state index contributed by atoms with van der Waals surface area (Å²) in [5.74, 6) is 3.97. The van der Waals surface area contributed by atoms with E-state index in [1.165, 1.54) is 57.8 Å². The first-order valence-corrected chi connectivity index (χ1v) is 11.0. The van der Waals surface area contributed by atoms with Crippen molar-refractivity contribution in [3.05, 3.63) is 24.3 Å². The van der Waals surface area contributed by atoms with Crippen LogP contribution in [0.5, 0.6) is 0 Å². The third kappa shape index (κ3) is 14.3. The molecule has 0 aromatic carbocycles. The molecule has 0 saturated heterocycles. The summed E-state index contributed by atoms with van der Waals surface area (Å²) in [7, 11) is 0. The second-order valence-corrected chi connectivity index (χ2v) is 9.41. The molecule has 0 aliphatic carbocycles. The largest absolute Gasteiger partial charge is 0.103 e. The van der Waals surface area contributed by atoms with Crippen LogP contribution in [0.4, 0.5) is 0 Å². The minimum absolute atomic E-state index is 0.648. The van der Waals surface area contributed by atoms with Gasteiger partial charge in [0.25, 0.3) is 0 Å². The topological polar surface area (TPSA) is 0 Å². The molecule has 0 aliphatic rings. The fraction of sp³-hybridized carbons (Fsp3) is 0.840. The molecule has 148 valence electrons. The van der Waals surface area contributed by atoms with Crippen molar-refractivity contribution in [1.29, 1.82) is 0 Å². The quantitative estimate of drug-likeness (QED) is 0.259. The lowest BCUT2D eigenvalue weighted by Gasteiger charge is -2.22. The number of hydrogen-bond acceptors (Lipinski definition) is 0. The SMILES string of the molecule is C=CC(C)CCC(CCC(C)CCCC(C)C)C(C)=CCCC(C)C. The van der Waals surface area contributed by atoms with Crippen molar-refractivity contribution in [3.63, 3.8) is 0 Å². The molecular weight excluding hydrogens is 300 g/mol. The Morgan fingerprint density at radius 2 is 1.36 bits per heavy atom. The van der Waals surface area contributed by atoms with Crippen LogP contribution in [-0.2, 0) is 0 Å². The fourth-order valence-electron chi connectivity index (χ4n) is 3.50. The molecule has 25 heavy (non-hydrogen) atoms. The van der Waals surface area contributed by atoms with E-state index in [1.54, 1.807) is 5.57 Å². The Bertz CT molecular complexity index is 347. The van der Waals surface area contributed by atoms with Crippen LogP contribution >= 0.6 is 0 Å². The lowest BCUT2D eigenvalue weighted by atomic mass is 9.84. The molecule has 0 aromatic rings. The highest BCUT2D eigenvalue weighted by atomic mass is 14.2. The molecule has 3 atom stereocenters. The number of hydrogen-bond donors (Lipinski definition) is 0. The van der Waals surface area contributed by atoms with Crippen LogP contribution in [0.2, 0.25) is 0 Å². The van der Waals surface area contributed by atoms with Gasteiger partial charge < -0.3 is 0 Å². The molecule has 0 heterocycles. The maximum Gasteiger partial charge on any atom is -0.0206 e. The lowest BCUT2D eigenvalue weighted by Crippen LogP contribution is -2.08. The van der Waals surface area contributed by atoms with Crippen LogP contribution in [0.3, 0.4) is 0 Å². The predicted octanol–water partition coefficient (Wildman–Crippen LogP) is 8.83. The van der Waals surface area contributed by atoms with Gasteiger partial charge in [0.15, 0.2) is 0 Å². The van der Waals surface area contributed by atoms with E-state index in [-0.39, 0.29) is 0 Å². The number of rotatable bonds is 15. The summed E-state index contributed by atoms with van der Waals surface area (Å²) in [6.07, 6.45) is 16.8. The zero-order chi connectivity index (χ0) is 19.2. The molecular formula is C25H48. The average molecular weight is 349 g/mol. The van der Waals surface area contributed by atoms with Crippen molar-refractivity contribution in [3.8, 4) is 0 Å². The van der Waals surface area contributed by atoms with Gasteiger partial charge in [-0.25, -0.2) is 0 Å². The normalized spacial score (nSPS) is 16.3. The second kappa shape index (κ2) is 14.6. The van der Waals surface area contributed by atoms with Crippen LogP contribution < -0.4 is 0 Å². The van der Waals surface area contributed by atoms with E-state index in [2.05, 4.69) is 67.2 Å². The lowest BCUT2D eigenvalue weighted by molar-refractivity contribution is 0.377. The van der Waals surface area contributed by atoms with Crippen LogP contribution in [0.15, 0.2) is 24.3 Å². The number of allylic oxidation sites excluding steroid dienone is 3. The molecule has 0 aliphatic heterocycles. The first kappa shape index (κ1) is 24.5. The van der Waals surface area contributed by atoms with Gasteiger partial charge in [-0.3, -0.25) is 0 Å².